The molecule has 1 aromatic rings. The first kappa shape index (κ1) is 15.9. The van der Waals surface area contributed by atoms with Gasteiger partial charge >= 0.3 is 0 Å². The van der Waals surface area contributed by atoms with Gasteiger partial charge in [-0.3, -0.25) is 0 Å². The lowest BCUT2D eigenvalue weighted by molar-refractivity contribution is -0.0506. The monoisotopic (exact) mass is 311 g/mol. The van der Waals surface area contributed by atoms with Crippen LogP contribution in [0, 0.1) is 16.7 Å². The molecule has 1 heterocycles. The molecule has 1 aliphatic heterocycles. The van der Waals surface area contributed by atoms with E-state index >= 15 is 0 Å². The molecular weight excluding hydrogens is 294 g/mol. The zero-order chi connectivity index (χ0) is 15.5. The Kier molecular flexibility index (Phi) is 4.94. The van der Waals surface area contributed by atoms with Gasteiger partial charge in [-0.05, 0) is 18.9 Å². The third-order valence-corrected chi connectivity index (χ3v) is 4.22. The Bertz CT molecular complexity index is 549. The lowest BCUT2D eigenvalue weighted by atomic mass is 9.76. The first-order valence-electron chi connectivity index (χ1n) is 6.67. The van der Waals surface area contributed by atoms with Gasteiger partial charge in [0.05, 0.1) is 31.9 Å². The van der Waals surface area contributed by atoms with Gasteiger partial charge in [-0.1, -0.05) is 17.7 Å². The van der Waals surface area contributed by atoms with Crippen molar-refractivity contribution in [3.63, 3.8) is 0 Å². The summed E-state index contributed by atoms with van der Waals surface area (Å²) in [6.45, 7) is 0.797. The number of benzene rings is 1. The molecule has 6 heteroatoms. The lowest BCUT2D eigenvalue weighted by Crippen LogP contribution is -2.36. The quantitative estimate of drug-likeness (QED) is 0.925. The fraction of sp³-hybridized carbons (Fsp3) is 0.533. The van der Waals surface area contributed by atoms with Crippen molar-refractivity contribution in [3.8, 4) is 17.6 Å². The maximum absolute atomic E-state index is 10.7. The smallest absolute Gasteiger partial charge is 0.179 e. The van der Waals surface area contributed by atoms with Crippen LogP contribution in [0.15, 0.2) is 12.1 Å². The van der Waals surface area contributed by atoms with E-state index < -0.39 is 11.5 Å². The number of methoxy groups -OCH3 is 2. The van der Waals surface area contributed by atoms with Gasteiger partial charge in [0, 0.05) is 12.2 Å². The largest absolute Gasteiger partial charge is 0.493 e. The summed E-state index contributed by atoms with van der Waals surface area (Å²) in [6, 6.07) is 5.52. The number of aliphatic hydroxyl groups is 1. The molecule has 1 aliphatic rings. The van der Waals surface area contributed by atoms with Crippen LogP contribution >= 0.6 is 11.6 Å². The third-order valence-electron chi connectivity index (χ3n) is 3.83. The Balaban J connectivity index is 2.43. The summed E-state index contributed by atoms with van der Waals surface area (Å²) in [5.41, 5.74) is -0.539. The Labute approximate surface area is 129 Å². The molecule has 0 aromatic heterocycles. The molecule has 2 atom stereocenters. The molecule has 0 amide bonds. The molecule has 21 heavy (non-hydrogen) atoms. The molecule has 2 unspecified atom stereocenters. The summed E-state index contributed by atoms with van der Waals surface area (Å²) in [5, 5.41) is 20.4. The van der Waals surface area contributed by atoms with Crippen molar-refractivity contribution in [1.29, 1.82) is 5.26 Å². The molecule has 0 radical (unpaired) electrons. The second-order valence-corrected chi connectivity index (χ2v) is 5.41. The summed E-state index contributed by atoms with van der Waals surface area (Å²) in [5.74, 6) is 0.824. The summed E-state index contributed by atoms with van der Waals surface area (Å²) in [6.07, 6.45) is 0.250. The van der Waals surface area contributed by atoms with Crippen LogP contribution in [0.2, 0.25) is 5.02 Å². The Hall–Kier alpha value is -1.48. The van der Waals surface area contributed by atoms with E-state index in [9.17, 15) is 10.4 Å². The average Bonchev–Trinajstić information content (AvgIpc) is 2.54. The van der Waals surface area contributed by atoms with Crippen molar-refractivity contribution < 1.29 is 19.3 Å². The molecule has 1 N–H and O–H groups in total. The standard InChI is InChI=1S/C15H18ClNO4/c1-19-11-5-4-10(12(16)13(11)20-2)14(18)15(8-17)6-3-7-21-9-15/h4-5,14,18H,3,6-7,9H2,1-2H3. The van der Waals surface area contributed by atoms with E-state index in [1.807, 2.05) is 0 Å². The molecule has 1 fully saturated rings. The van der Waals surface area contributed by atoms with Crippen LogP contribution in [0.3, 0.4) is 0 Å². The van der Waals surface area contributed by atoms with Crippen molar-refractivity contribution in [1.82, 2.24) is 0 Å². The Morgan fingerprint density at radius 1 is 1.43 bits per heavy atom. The van der Waals surface area contributed by atoms with Gasteiger partial charge in [0.25, 0.3) is 0 Å². The van der Waals surface area contributed by atoms with Crippen LogP contribution in [0.5, 0.6) is 11.5 Å². The van der Waals surface area contributed by atoms with Gasteiger partial charge in [0.15, 0.2) is 11.5 Å². The summed E-state index contributed by atoms with van der Waals surface area (Å²) in [4.78, 5) is 0. The fourth-order valence-electron chi connectivity index (χ4n) is 2.59. The highest BCUT2D eigenvalue weighted by molar-refractivity contribution is 6.33. The molecule has 1 aromatic carbocycles. The molecule has 2 rings (SSSR count). The van der Waals surface area contributed by atoms with Crippen LogP contribution in [-0.2, 0) is 4.74 Å². The van der Waals surface area contributed by atoms with Crippen LogP contribution in [-0.4, -0.2) is 32.5 Å². The summed E-state index contributed by atoms with van der Waals surface area (Å²) < 4.78 is 15.8. The second-order valence-electron chi connectivity index (χ2n) is 5.03. The highest BCUT2D eigenvalue weighted by Crippen LogP contribution is 2.46. The topological polar surface area (TPSA) is 71.7 Å². The highest BCUT2D eigenvalue weighted by Gasteiger charge is 2.42. The van der Waals surface area contributed by atoms with Crippen LogP contribution in [0.4, 0.5) is 0 Å². The van der Waals surface area contributed by atoms with Gasteiger partial charge in [-0.2, -0.15) is 5.26 Å². The number of nitrogens with zero attached hydrogens (tertiary/aromatic N) is 1. The van der Waals surface area contributed by atoms with Crippen LogP contribution < -0.4 is 9.47 Å². The molecule has 114 valence electrons. The van der Waals surface area contributed by atoms with Crippen molar-refractivity contribution in [3.05, 3.63) is 22.7 Å². The van der Waals surface area contributed by atoms with E-state index in [1.54, 1.807) is 12.1 Å². The van der Waals surface area contributed by atoms with Gasteiger partial charge in [0.1, 0.15) is 11.5 Å². The molecule has 5 nitrogen and oxygen atoms in total. The first-order valence-corrected chi connectivity index (χ1v) is 7.05. The highest BCUT2D eigenvalue weighted by atomic mass is 35.5. The van der Waals surface area contributed by atoms with Gasteiger partial charge < -0.3 is 19.3 Å². The van der Waals surface area contributed by atoms with Gasteiger partial charge in [0.2, 0.25) is 0 Å². The van der Waals surface area contributed by atoms with Gasteiger partial charge in [-0.15, -0.1) is 0 Å². The summed E-state index contributed by atoms with van der Waals surface area (Å²) >= 11 is 6.31. The number of nitriles is 1. The van der Waals surface area contributed by atoms with Crippen molar-refractivity contribution in [2.75, 3.05) is 27.4 Å². The van der Waals surface area contributed by atoms with Crippen molar-refractivity contribution in [2.45, 2.75) is 18.9 Å². The number of hydrogen-bond donors (Lipinski definition) is 1. The average molecular weight is 312 g/mol. The predicted molar refractivity (Wildman–Crippen MR) is 77.6 cm³/mol. The fourth-order valence-corrected chi connectivity index (χ4v) is 2.93. The second kappa shape index (κ2) is 6.52. The molecule has 0 bridgehead atoms. The zero-order valence-electron chi connectivity index (χ0n) is 12.1. The van der Waals surface area contributed by atoms with E-state index in [0.29, 0.717) is 30.1 Å². The molecule has 0 aliphatic carbocycles. The number of aliphatic hydroxyl groups excluding tert-OH is 1. The Morgan fingerprint density at radius 3 is 2.71 bits per heavy atom. The van der Waals surface area contributed by atoms with Crippen molar-refractivity contribution >= 4 is 11.6 Å². The number of rotatable bonds is 4. The summed E-state index contributed by atoms with van der Waals surface area (Å²) in [7, 11) is 2.99. The lowest BCUT2D eigenvalue weighted by Gasteiger charge is -2.35. The Morgan fingerprint density at radius 2 is 2.19 bits per heavy atom. The minimum atomic E-state index is -1.05. The maximum atomic E-state index is 10.7. The number of ether oxygens (including phenoxy) is 3. The van der Waals surface area contributed by atoms with E-state index in [1.165, 1.54) is 14.2 Å². The normalized spacial score (nSPS) is 23.2. The van der Waals surface area contributed by atoms with Crippen LogP contribution in [0.1, 0.15) is 24.5 Å². The molecule has 1 saturated heterocycles. The first-order chi connectivity index (χ1) is 10.1. The predicted octanol–water partition coefficient (Wildman–Crippen LogP) is 2.71. The van der Waals surface area contributed by atoms with E-state index in [-0.39, 0.29) is 11.6 Å². The zero-order valence-corrected chi connectivity index (χ0v) is 12.8. The SMILES string of the molecule is COc1ccc(C(O)C2(C#N)CCCOC2)c(Cl)c1OC. The van der Waals surface area contributed by atoms with Gasteiger partial charge in [-0.25, -0.2) is 0 Å². The minimum Gasteiger partial charge on any atom is -0.493 e. The number of halogens is 1. The minimum absolute atomic E-state index is 0.190. The van der Waals surface area contributed by atoms with E-state index in [2.05, 4.69) is 6.07 Å². The number of hydrogen-bond acceptors (Lipinski definition) is 5. The maximum Gasteiger partial charge on any atom is 0.179 e. The molecule has 0 spiro atoms. The van der Waals surface area contributed by atoms with Crippen LogP contribution in [0.25, 0.3) is 0 Å². The van der Waals surface area contributed by atoms with E-state index in [0.717, 1.165) is 6.42 Å². The van der Waals surface area contributed by atoms with E-state index in [4.69, 9.17) is 25.8 Å². The van der Waals surface area contributed by atoms with Crippen molar-refractivity contribution in [2.24, 2.45) is 5.41 Å². The molecular formula is C15H18ClNO4. The molecule has 0 saturated carbocycles. The third kappa shape index (κ3) is 2.80.